The summed E-state index contributed by atoms with van der Waals surface area (Å²) in [5.74, 6) is 0.935. The lowest BCUT2D eigenvalue weighted by Gasteiger charge is -2.13. The van der Waals surface area contributed by atoms with E-state index >= 15 is 0 Å². The minimum absolute atomic E-state index is 0.432. The van der Waals surface area contributed by atoms with Crippen LogP contribution in [0.1, 0.15) is 11.1 Å². The molecule has 0 saturated carbocycles. The molecule has 0 saturated heterocycles. The van der Waals surface area contributed by atoms with Crippen LogP contribution in [-0.4, -0.2) is 11.0 Å². The molecule has 3 nitrogen and oxygen atoms in total. The molecule has 4 rings (SSSR count). The molecule has 0 aliphatic heterocycles. The number of nitrogens with zero attached hydrogens (tertiary/aromatic N) is 1. The maximum atomic E-state index is 5.80. The number of pyridine rings is 1. The Kier molecular flexibility index (Phi) is 2.78. The van der Waals surface area contributed by atoms with E-state index in [1.54, 1.807) is 0 Å². The Hall–Kier alpha value is -2.55. The third-order valence-electron chi connectivity index (χ3n) is 4.12. The van der Waals surface area contributed by atoms with Crippen LogP contribution in [0, 0.1) is 0 Å². The smallest absolute Gasteiger partial charge is 0.126 e. The summed E-state index contributed by atoms with van der Waals surface area (Å²) < 4.78 is 0. The van der Waals surface area contributed by atoms with E-state index in [0.29, 0.717) is 6.04 Å². The van der Waals surface area contributed by atoms with Gasteiger partial charge in [0.25, 0.3) is 0 Å². The fourth-order valence-electron chi connectivity index (χ4n) is 3.09. The van der Waals surface area contributed by atoms with Crippen LogP contribution in [0.25, 0.3) is 10.9 Å². The van der Waals surface area contributed by atoms with Crippen LogP contribution in [0.2, 0.25) is 0 Å². The fraction of sp³-hybridized carbons (Fsp3) is 0.167. The summed E-state index contributed by atoms with van der Waals surface area (Å²) in [5.41, 5.74) is 10.4. The Morgan fingerprint density at radius 1 is 0.952 bits per heavy atom. The van der Waals surface area contributed by atoms with Gasteiger partial charge in [-0.3, -0.25) is 0 Å². The quantitative estimate of drug-likeness (QED) is 0.705. The van der Waals surface area contributed by atoms with E-state index in [-0.39, 0.29) is 0 Å². The van der Waals surface area contributed by atoms with Crippen molar-refractivity contribution >= 4 is 22.4 Å². The lowest BCUT2D eigenvalue weighted by molar-refractivity contribution is 0.770. The molecule has 0 radical (unpaired) electrons. The van der Waals surface area contributed by atoms with Gasteiger partial charge in [-0.25, -0.2) is 4.98 Å². The van der Waals surface area contributed by atoms with Crippen molar-refractivity contribution < 1.29 is 0 Å². The Morgan fingerprint density at radius 2 is 1.71 bits per heavy atom. The summed E-state index contributed by atoms with van der Waals surface area (Å²) in [6, 6.07) is 19.0. The number of hydrogen-bond acceptors (Lipinski definition) is 3. The monoisotopic (exact) mass is 275 g/mol. The molecule has 3 N–H and O–H groups in total. The highest BCUT2D eigenvalue weighted by Gasteiger charge is 2.20. The third kappa shape index (κ3) is 2.31. The Morgan fingerprint density at radius 3 is 2.48 bits per heavy atom. The first-order chi connectivity index (χ1) is 10.3. The number of rotatable bonds is 2. The van der Waals surface area contributed by atoms with Crippen LogP contribution in [0.15, 0.2) is 54.6 Å². The molecule has 0 spiro atoms. The van der Waals surface area contributed by atoms with Gasteiger partial charge in [0, 0.05) is 17.1 Å². The number of benzene rings is 2. The highest BCUT2D eigenvalue weighted by molar-refractivity contribution is 5.83. The predicted octanol–water partition coefficient (Wildman–Crippen LogP) is 3.40. The van der Waals surface area contributed by atoms with Crippen molar-refractivity contribution in [3.63, 3.8) is 0 Å². The molecule has 0 unspecified atom stereocenters. The summed E-state index contributed by atoms with van der Waals surface area (Å²) in [4.78, 5) is 4.68. The standard InChI is InChI=1S/C18H17N3/c19-15-6-7-17-14(9-15)5-8-18(21-17)20-16-10-12-3-1-2-4-13(12)11-16/h1-9,16H,10-11,19H2,(H,20,21). The van der Waals surface area contributed by atoms with Crippen molar-refractivity contribution in [2.75, 3.05) is 11.1 Å². The predicted molar refractivity (Wildman–Crippen MR) is 87.4 cm³/mol. The van der Waals surface area contributed by atoms with Gasteiger partial charge < -0.3 is 11.1 Å². The maximum absolute atomic E-state index is 5.80. The zero-order valence-electron chi connectivity index (χ0n) is 11.7. The molecule has 21 heavy (non-hydrogen) atoms. The van der Waals surface area contributed by atoms with Crippen LogP contribution >= 0.6 is 0 Å². The average Bonchev–Trinajstić information content (AvgIpc) is 2.89. The van der Waals surface area contributed by atoms with Gasteiger partial charge >= 0.3 is 0 Å². The van der Waals surface area contributed by atoms with Gasteiger partial charge in [0.1, 0.15) is 5.82 Å². The van der Waals surface area contributed by atoms with E-state index in [1.165, 1.54) is 11.1 Å². The van der Waals surface area contributed by atoms with E-state index in [2.05, 4.69) is 40.6 Å². The van der Waals surface area contributed by atoms with Crippen LogP contribution in [0.4, 0.5) is 11.5 Å². The minimum atomic E-state index is 0.432. The number of nitrogens with two attached hydrogens (primary N) is 1. The highest BCUT2D eigenvalue weighted by Crippen LogP contribution is 2.25. The molecule has 0 amide bonds. The molecule has 0 atom stereocenters. The van der Waals surface area contributed by atoms with Crippen LogP contribution in [0.5, 0.6) is 0 Å². The van der Waals surface area contributed by atoms with E-state index < -0.39 is 0 Å². The number of anilines is 2. The average molecular weight is 275 g/mol. The van der Waals surface area contributed by atoms with Gasteiger partial charge in [-0.05, 0) is 54.3 Å². The van der Waals surface area contributed by atoms with Crippen molar-refractivity contribution in [2.45, 2.75) is 18.9 Å². The minimum Gasteiger partial charge on any atom is -0.399 e. The molecular weight excluding hydrogens is 258 g/mol. The number of hydrogen-bond donors (Lipinski definition) is 2. The number of fused-ring (bicyclic) bond motifs is 2. The first-order valence-corrected chi connectivity index (χ1v) is 7.27. The zero-order valence-corrected chi connectivity index (χ0v) is 11.7. The summed E-state index contributed by atoms with van der Waals surface area (Å²) >= 11 is 0. The first-order valence-electron chi connectivity index (χ1n) is 7.27. The normalized spacial score (nSPS) is 14.3. The van der Waals surface area contributed by atoms with Crippen molar-refractivity contribution in [2.24, 2.45) is 0 Å². The maximum Gasteiger partial charge on any atom is 0.126 e. The van der Waals surface area contributed by atoms with Crippen molar-refractivity contribution in [3.8, 4) is 0 Å². The van der Waals surface area contributed by atoms with Gasteiger partial charge in [0.15, 0.2) is 0 Å². The van der Waals surface area contributed by atoms with Crippen LogP contribution in [-0.2, 0) is 12.8 Å². The van der Waals surface area contributed by atoms with E-state index in [9.17, 15) is 0 Å². The topological polar surface area (TPSA) is 50.9 Å². The van der Waals surface area contributed by atoms with Gasteiger partial charge in [-0.15, -0.1) is 0 Å². The van der Waals surface area contributed by atoms with Gasteiger partial charge in [-0.1, -0.05) is 24.3 Å². The summed E-state index contributed by atoms with van der Waals surface area (Å²) in [7, 11) is 0. The lowest BCUT2D eigenvalue weighted by atomic mass is 10.1. The van der Waals surface area contributed by atoms with E-state index in [0.717, 1.165) is 35.2 Å². The fourth-order valence-corrected chi connectivity index (χ4v) is 3.09. The molecule has 0 fully saturated rings. The SMILES string of the molecule is Nc1ccc2nc(NC3Cc4ccccc4C3)ccc2c1. The molecule has 3 aromatic rings. The second-order valence-corrected chi connectivity index (χ2v) is 5.67. The second-order valence-electron chi connectivity index (χ2n) is 5.67. The van der Waals surface area contributed by atoms with Gasteiger partial charge in [0.2, 0.25) is 0 Å². The Bertz CT molecular complexity index is 785. The van der Waals surface area contributed by atoms with Gasteiger partial charge in [-0.2, -0.15) is 0 Å². The number of nitrogens with one attached hydrogen (secondary N) is 1. The molecular formula is C18H17N3. The first kappa shape index (κ1) is 12.2. The van der Waals surface area contributed by atoms with Crippen molar-refractivity contribution in [1.29, 1.82) is 0 Å². The lowest BCUT2D eigenvalue weighted by Crippen LogP contribution is -2.20. The number of nitrogen functional groups attached to an aromatic ring is 1. The van der Waals surface area contributed by atoms with Crippen LogP contribution < -0.4 is 11.1 Å². The zero-order chi connectivity index (χ0) is 14.2. The summed E-state index contributed by atoms with van der Waals surface area (Å²) in [6.07, 6.45) is 2.13. The molecule has 1 aliphatic rings. The van der Waals surface area contributed by atoms with E-state index in [1.807, 2.05) is 24.3 Å². The van der Waals surface area contributed by atoms with Crippen LogP contribution in [0.3, 0.4) is 0 Å². The largest absolute Gasteiger partial charge is 0.399 e. The van der Waals surface area contributed by atoms with E-state index in [4.69, 9.17) is 5.73 Å². The number of aromatic nitrogens is 1. The Balaban J connectivity index is 1.57. The highest BCUT2D eigenvalue weighted by atomic mass is 15.0. The van der Waals surface area contributed by atoms with Gasteiger partial charge in [0.05, 0.1) is 5.52 Å². The molecule has 1 heterocycles. The summed E-state index contributed by atoms with van der Waals surface area (Å²) in [5, 5.41) is 4.63. The molecule has 0 bridgehead atoms. The molecule has 2 aromatic carbocycles. The molecule has 104 valence electrons. The molecule has 3 heteroatoms. The second kappa shape index (κ2) is 4.77. The molecule has 1 aliphatic carbocycles. The Labute approximate surface area is 123 Å². The summed E-state index contributed by atoms with van der Waals surface area (Å²) in [6.45, 7) is 0. The van der Waals surface area contributed by atoms with Crippen molar-refractivity contribution in [3.05, 3.63) is 65.7 Å². The molecule has 1 aromatic heterocycles. The third-order valence-corrected chi connectivity index (χ3v) is 4.12. The van der Waals surface area contributed by atoms with Crippen molar-refractivity contribution in [1.82, 2.24) is 4.98 Å².